The van der Waals surface area contributed by atoms with Gasteiger partial charge in [0.1, 0.15) is 17.0 Å². The maximum Gasteiger partial charge on any atom is 0.158 e. The smallest absolute Gasteiger partial charge is 0.158 e. The van der Waals surface area contributed by atoms with E-state index < -0.39 is 0 Å². The third-order valence-electron chi connectivity index (χ3n) is 1.89. The number of aliphatic hydroxyl groups excluding tert-OH is 1. The predicted octanol–water partition coefficient (Wildman–Crippen LogP) is 1.38. The van der Waals surface area contributed by atoms with E-state index in [0.717, 1.165) is 5.69 Å². The van der Waals surface area contributed by atoms with Crippen LogP contribution in [0.5, 0.6) is 0 Å². The lowest BCUT2D eigenvalue weighted by atomic mass is 10.3. The summed E-state index contributed by atoms with van der Waals surface area (Å²) in [6, 6.07) is 1.83. The van der Waals surface area contributed by atoms with Gasteiger partial charge >= 0.3 is 0 Å². The van der Waals surface area contributed by atoms with Crippen molar-refractivity contribution in [2.75, 3.05) is 5.73 Å². The van der Waals surface area contributed by atoms with E-state index in [0.29, 0.717) is 11.2 Å². The minimum atomic E-state index is -0.171. The van der Waals surface area contributed by atoms with Gasteiger partial charge in [-0.1, -0.05) is 6.58 Å². The molecule has 0 aliphatic heterocycles. The SMILES string of the molecule is C=C(O)c1nc2cc(C)[nH]c2nc1N. The molecule has 0 aromatic carbocycles. The van der Waals surface area contributed by atoms with Gasteiger partial charge in [-0.3, -0.25) is 0 Å². The van der Waals surface area contributed by atoms with Gasteiger partial charge in [0.2, 0.25) is 0 Å². The number of aliphatic hydroxyl groups is 1. The average Bonchev–Trinajstić information content (AvgIpc) is 2.42. The standard InChI is InChI=1S/C9H10N4O/c1-4-3-6-9(11-4)13-8(10)7(12-6)5(2)14/h3,14H,2H2,1H3,(H3,10,11,13). The molecule has 2 rings (SSSR count). The van der Waals surface area contributed by atoms with Crippen molar-refractivity contribution in [2.24, 2.45) is 0 Å². The predicted molar refractivity (Wildman–Crippen MR) is 54.7 cm³/mol. The fourth-order valence-corrected chi connectivity index (χ4v) is 1.29. The maximum atomic E-state index is 9.18. The molecule has 0 saturated heterocycles. The van der Waals surface area contributed by atoms with Crippen LogP contribution in [0.4, 0.5) is 5.82 Å². The van der Waals surface area contributed by atoms with Gasteiger partial charge in [0.25, 0.3) is 0 Å². The van der Waals surface area contributed by atoms with E-state index in [1.165, 1.54) is 0 Å². The molecule has 5 nitrogen and oxygen atoms in total. The summed E-state index contributed by atoms with van der Waals surface area (Å²) in [5, 5.41) is 9.18. The van der Waals surface area contributed by atoms with Crippen molar-refractivity contribution in [2.45, 2.75) is 6.92 Å². The Balaban J connectivity index is 2.76. The number of hydrogen-bond acceptors (Lipinski definition) is 4. The Morgan fingerprint density at radius 1 is 1.57 bits per heavy atom. The number of aromatic nitrogens is 3. The summed E-state index contributed by atoms with van der Waals surface area (Å²) in [6.07, 6.45) is 0. The summed E-state index contributed by atoms with van der Waals surface area (Å²) in [5.74, 6) is 0.00241. The third kappa shape index (κ3) is 1.19. The summed E-state index contributed by atoms with van der Waals surface area (Å²) in [5.41, 5.74) is 8.04. The summed E-state index contributed by atoms with van der Waals surface area (Å²) >= 11 is 0. The van der Waals surface area contributed by atoms with Crippen LogP contribution in [0.15, 0.2) is 12.6 Å². The summed E-state index contributed by atoms with van der Waals surface area (Å²) in [6.45, 7) is 5.26. The van der Waals surface area contributed by atoms with Crippen molar-refractivity contribution >= 4 is 22.7 Å². The van der Waals surface area contributed by atoms with E-state index in [2.05, 4.69) is 21.5 Å². The Hall–Kier alpha value is -2.04. The molecule has 0 spiro atoms. The largest absolute Gasteiger partial charge is 0.506 e. The highest BCUT2D eigenvalue weighted by molar-refractivity contribution is 5.77. The van der Waals surface area contributed by atoms with Gasteiger partial charge in [0.05, 0.1) is 0 Å². The minimum absolute atomic E-state index is 0.171. The van der Waals surface area contributed by atoms with Gasteiger partial charge in [-0.15, -0.1) is 0 Å². The first-order valence-electron chi connectivity index (χ1n) is 4.09. The number of H-pyrrole nitrogens is 1. The van der Waals surface area contributed by atoms with Crippen LogP contribution in [-0.2, 0) is 0 Å². The van der Waals surface area contributed by atoms with Crippen molar-refractivity contribution in [3.05, 3.63) is 24.0 Å². The van der Waals surface area contributed by atoms with Gasteiger partial charge in [-0.05, 0) is 13.0 Å². The number of anilines is 1. The zero-order chi connectivity index (χ0) is 10.3. The lowest BCUT2D eigenvalue weighted by Gasteiger charge is -2.00. The van der Waals surface area contributed by atoms with Gasteiger partial charge < -0.3 is 15.8 Å². The molecule has 0 saturated carbocycles. The van der Waals surface area contributed by atoms with Crippen LogP contribution in [0.2, 0.25) is 0 Å². The van der Waals surface area contributed by atoms with Crippen molar-refractivity contribution in [3.63, 3.8) is 0 Å². The second-order valence-electron chi connectivity index (χ2n) is 3.09. The van der Waals surface area contributed by atoms with Crippen molar-refractivity contribution in [1.82, 2.24) is 15.0 Å². The first kappa shape index (κ1) is 8.55. The Bertz CT molecular complexity index is 515. The van der Waals surface area contributed by atoms with Crippen LogP contribution in [-0.4, -0.2) is 20.1 Å². The summed E-state index contributed by atoms with van der Waals surface area (Å²) in [7, 11) is 0. The van der Waals surface area contributed by atoms with Crippen LogP contribution >= 0.6 is 0 Å². The van der Waals surface area contributed by atoms with E-state index in [4.69, 9.17) is 5.73 Å². The molecular formula is C9H10N4O. The highest BCUT2D eigenvalue weighted by Gasteiger charge is 2.09. The minimum Gasteiger partial charge on any atom is -0.506 e. The zero-order valence-corrected chi connectivity index (χ0v) is 7.70. The molecule has 0 fully saturated rings. The molecule has 0 unspecified atom stereocenters. The molecule has 0 bridgehead atoms. The number of rotatable bonds is 1. The van der Waals surface area contributed by atoms with E-state index in [1.54, 1.807) is 0 Å². The molecular weight excluding hydrogens is 180 g/mol. The van der Waals surface area contributed by atoms with Crippen molar-refractivity contribution in [3.8, 4) is 0 Å². The Kier molecular flexibility index (Phi) is 1.67. The van der Waals surface area contributed by atoms with Crippen LogP contribution in [0, 0.1) is 6.92 Å². The molecule has 5 heteroatoms. The van der Waals surface area contributed by atoms with Crippen molar-refractivity contribution < 1.29 is 5.11 Å². The normalized spacial score (nSPS) is 10.6. The number of nitrogen functional groups attached to an aromatic ring is 1. The number of hydrogen-bond donors (Lipinski definition) is 3. The number of nitrogens with one attached hydrogen (secondary N) is 1. The van der Waals surface area contributed by atoms with Gasteiger partial charge in [-0.2, -0.15) is 0 Å². The maximum absolute atomic E-state index is 9.18. The highest BCUT2D eigenvalue weighted by atomic mass is 16.3. The first-order chi connectivity index (χ1) is 6.58. The molecule has 14 heavy (non-hydrogen) atoms. The number of aryl methyl sites for hydroxylation is 1. The molecule has 4 N–H and O–H groups in total. The molecule has 72 valence electrons. The average molecular weight is 190 g/mol. The molecule has 0 aliphatic rings. The number of aromatic amines is 1. The van der Waals surface area contributed by atoms with Crippen LogP contribution in [0.3, 0.4) is 0 Å². The highest BCUT2D eigenvalue weighted by Crippen LogP contribution is 2.18. The van der Waals surface area contributed by atoms with Gasteiger partial charge in [-0.25, -0.2) is 9.97 Å². The molecule has 2 aromatic heterocycles. The Morgan fingerprint density at radius 2 is 2.29 bits per heavy atom. The molecule has 0 radical (unpaired) electrons. The molecule has 0 atom stereocenters. The zero-order valence-electron chi connectivity index (χ0n) is 7.70. The van der Waals surface area contributed by atoms with E-state index in [1.807, 2.05) is 13.0 Å². The Labute approximate surface area is 80.3 Å². The summed E-state index contributed by atoms with van der Waals surface area (Å²) in [4.78, 5) is 11.2. The monoisotopic (exact) mass is 190 g/mol. The van der Waals surface area contributed by atoms with Gasteiger partial charge in [0, 0.05) is 5.69 Å². The summed E-state index contributed by atoms with van der Waals surface area (Å²) < 4.78 is 0. The van der Waals surface area contributed by atoms with E-state index in [9.17, 15) is 5.11 Å². The Morgan fingerprint density at radius 3 is 2.93 bits per heavy atom. The van der Waals surface area contributed by atoms with Crippen molar-refractivity contribution in [1.29, 1.82) is 0 Å². The number of nitrogens with two attached hydrogens (primary N) is 1. The number of fused-ring (bicyclic) bond motifs is 1. The number of nitrogens with zero attached hydrogens (tertiary/aromatic N) is 2. The molecule has 0 aliphatic carbocycles. The lowest BCUT2D eigenvalue weighted by molar-refractivity contribution is 0.511. The third-order valence-corrected chi connectivity index (χ3v) is 1.89. The quantitative estimate of drug-likeness (QED) is 0.593. The fourth-order valence-electron chi connectivity index (χ4n) is 1.29. The molecule has 2 heterocycles. The first-order valence-corrected chi connectivity index (χ1v) is 4.09. The topological polar surface area (TPSA) is 87.8 Å². The van der Waals surface area contributed by atoms with Crippen LogP contribution < -0.4 is 5.73 Å². The lowest BCUT2D eigenvalue weighted by Crippen LogP contribution is -2.00. The van der Waals surface area contributed by atoms with Crippen LogP contribution in [0.1, 0.15) is 11.4 Å². The second-order valence-corrected chi connectivity index (χ2v) is 3.09. The van der Waals surface area contributed by atoms with Gasteiger partial charge in [0.15, 0.2) is 11.5 Å². The van der Waals surface area contributed by atoms with Crippen LogP contribution in [0.25, 0.3) is 16.9 Å². The van der Waals surface area contributed by atoms with E-state index in [-0.39, 0.29) is 17.3 Å². The molecule has 2 aromatic rings. The van der Waals surface area contributed by atoms with E-state index >= 15 is 0 Å². The molecule has 0 amide bonds. The fraction of sp³-hybridized carbons (Fsp3) is 0.111. The second kappa shape index (κ2) is 2.73.